The second kappa shape index (κ2) is 9.39. The van der Waals surface area contributed by atoms with Gasteiger partial charge in [-0.1, -0.05) is 29.8 Å². The number of aryl methyl sites for hydroxylation is 1. The molecule has 0 radical (unpaired) electrons. The van der Waals surface area contributed by atoms with E-state index < -0.39 is 12.2 Å². The summed E-state index contributed by atoms with van der Waals surface area (Å²) in [5.41, 5.74) is 8.39. The van der Waals surface area contributed by atoms with E-state index in [0.717, 1.165) is 16.8 Å². The molecule has 0 bridgehead atoms. The standard InChI is InChI=1S/C20H23ClN2O4/c1-4-26-20(25)27-15-10-13(2)16(17(21)11-15)12-18(22)19(24)23(3)14-8-6-5-7-9-14/h5-11,18H,4,12,22H2,1-3H3/t18-/m1/s1. The van der Waals surface area contributed by atoms with Crippen LogP contribution in [0.25, 0.3) is 0 Å². The van der Waals surface area contributed by atoms with Crippen LogP contribution in [0.1, 0.15) is 18.1 Å². The zero-order chi connectivity index (χ0) is 20.0. The average molecular weight is 391 g/mol. The fraction of sp³-hybridized carbons (Fsp3) is 0.300. The number of amides is 1. The number of nitrogens with zero attached hydrogens (tertiary/aromatic N) is 1. The van der Waals surface area contributed by atoms with Crippen molar-refractivity contribution in [3.63, 3.8) is 0 Å². The number of para-hydroxylation sites is 1. The number of anilines is 1. The molecule has 0 heterocycles. The van der Waals surface area contributed by atoms with Crippen molar-refractivity contribution in [3.8, 4) is 5.75 Å². The van der Waals surface area contributed by atoms with Gasteiger partial charge in [-0.2, -0.15) is 0 Å². The molecule has 0 saturated heterocycles. The third kappa shape index (κ3) is 5.45. The van der Waals surface area contributed by atoms with Crippen LogP contribution in [0.5, 0.6) is 5.75 Å². The number of halogens is 1. The summed E-state index contributed by atoms with van der Waals surface area (Å²) >= 11 is 6.33. The second-order valence-corrected chi connectivity index (χ2v) is 6.44. The minimum absolute atomic E-state index is 0.218. The summed E-state index contributed by atoms with van der Waals surface area (Å²) in [6, 6.07) is 11.7. The summed E-state index contributed by atoms with van der Waals surface area (Å²) in [6.45, 7) is 3.72. The summed E-state index contributed by atoms with van der Waals surface area (Å²) in [7, 11) is 1.68. The van der Waals surface area contributed by atoms with E-state index in [1.807, 2.05) is 37.3 Å². The molecule has 0 aromatic heterocycles. The maximum Gasteiger partial charge on any atom is 0.513 e. The minimum Gasteiger partial charge on any atom is -0.434 e. The molecule has 2 aromatic carbocycles. The van der Waals surface area contributed by atoms with E-state index in [2.05, 4.69) is 0 Å². The highest BCUT2D eigenvalue weighted by atomic mass is 35.5. The number of nitrogens with two attached hydrogens (primary N) is 1. The Bertz CT molecular complexity index is 788. The number of benzene rings is 2. The Morgan fingerprint density at radius 3 is 2.48 bits per heavy atom. The van der Waals surface area contributed by atoms with Crippen molar-refractivity contribution in [1.29, 1.82) is 0 Å². The lowest BCUT2D eigenvalue weighted by atomic mass is 10.00. The van der Waals surface area contributed by atoms with Crippen molar-refractivity contribution in [2.75, 3.05) is 18.6 Å². The molecular weight excluding hydrogens is 368 g/mol. The van der Waals surface area contributed by atoms with E-state index in [1.54, 1.807) is 20.0 Å². The normalized spacial score (nSPS) is 11.6. The van der Waals surface area contributed by atoms with Gasteiger partial charge in [0.2, 0.25) is 5.91 Å². The van der Waals surface area contributed by atoms with Gasteiger partial charge in [-0.05, 0) is 55.7 Å². The Morgan fingerprint density at radius 2 is 1.89 bits per heavy atom. The molecule has 6 nitrogen and oxygen atoms in total. The van der Waals surface area contributed by atoms with Crippen molar-refractivity contribution in [3.05, 3.63) is 58.6 Å². The molecular formula is C20H23ClN2O4. The van der Waals surface area contributed by atoms with Crippen LogP contribution in [-0.4, -0.2) is 31.8 Å². The molecule has 0 saturated carbocycles. The Labute approximate surface area is 163 Å². The number of hydrogen-bond donors (Lipinski definition) is 1. The fourth-order valence-electron chi connectivity index (χ4n) is 2.64. The molecule has 0 spiro atoms. The van der Waals surface area contributed by atoms with Crippen molar-refractivity contribution in [1.82, 2.24) is 0 Å². The summed E-state index contributed by atoms with van der Waals surface area (Å²) in [5, 5.41) is 0.375. The molecule has 0 fully saturated rings. The first kappa shape index (κ1) is 20.7. The van der Waals surface area contributed by atoms with Gasteiger partial charge < -0.3 is 20.1 Å². The molecule has 1 amide bonds. The van der Waals surface area contributed by atoms with Crippen LogP contribution in [0.2, 0.25) is 5.02 Å². The van der Waals surface area contributed by atoms with E-state index in [9.17, 15) is 9.59 Å². The summed E-state index contributed by atoms with van der Waals surface area (Å²) < 4.78 is 9.81. The highest BCUT2D eigenvalue weighted by molar-refractivity contribution is 6.31. The molecule has 2 N–H and O–H groups in total. The minimum atomic E-state index is -0.794. The molecule has 2 aromatic rings. The van der Waals surface area contributed by atoms with E-state index in [1.165, 1.54) is 11.0 Å². The highest BCUT2D eigenvalue weighted by Gasteiger charge is 2.22. The van der Waals surface area contributed by atoms with Gasteiger partial charge in [-0.25, -0.2) is 4.79 Å². The van der Waals surface area contributed by atoms with Gasteiger partial charge in [0.25, 0.3) is 0 Å². The second-order valence-electron chi connectivity index (χ2n) is 6.03. The molecule has 0 aliphatic rings. The third-order valence-electron chi connectivity index (χ3n) is 4.07. The molecule has 144 valence electrons. The zero-order valence-electron chi connectivity index (χ0n) is 15.6. The van der Waals surface area contributed by atoms with Gasteiger partial charge in [-0.15, -0.1) is 0 Å². The Morgan fingerprint density at radius 1 is 1.22 bits per heavy atom. The molecule has 0 aliphatic heterocycles. The molecule has 27 heavy (non-hydrogen) atoms. The quantitative estimate of drug-likeness (QED) is 0.600. The number of carbonyl (C=O) groups excluding carboxylic acids is 2. The smallest absolute Gasteiger partial charge is 0.434 e. The van der Waals surface area contributed by atoms with Gasteiger partial charge in [0.15, 0.2) is 0 Å². The average Bonchev–Trinajstić information content (AvgIpc) is 2.64. The summed E-state index contributed by atoms with van der Waals surface area (Å²) in [6.07, 6.45) is -0.530. The highest BCUT2D eigenvalue weighted by Crippen LogP contribution is 2.28. The van der Waals surface area contributed by atoms with Gasteiger partial charge in [0, 0.05) is 17.8 Å². The number of ether oxygens (including phenoxy) is 2. The van der Waals surface area contributed by atoms with Crippen LogP contribution in [0, 0.1) is 6.92 Å². The van der Waals surface area contributed by atoms with Crippen LogP contribution < -0.4 is 15.4 Å². The van der Waals surface area contributed by atoms with E-state index >= 15 is 0 Å². The first-order chi connectivity index (χ1) is 12.8. The number of carbonyl (C=O) groups is 2. The maximum atomic E-state index is 12.6. The predicted octanol–water partition coefficient (Wildman–Crippen LogP) is 3.72. The lowest BCUT2D eigenvalue weighted by molar-refractivity contribution is -0.119. The van der Waals surface area contributed by atoms with E-state index in [-0.39, 0.29) is 24.7 Å². The van der Waals surface area contributed by atoms with Crippen molar-refractivity contribution < 1.29 is 19.1 Å². The Hall–Kier alpha value is -2.57. The molecule has 1 atom stereocenters. The topological polar surface area (TPSA) is 81.9 Å². The molecule has 2 rings (SSSR count). The lowest BCUT2D eigenvalue weighted by Crippen LogP contribution is -2.43. The maximum absolute atomic E-state index is 12.6. The summed E-state index contributed by atoms with van der Waals surface area (Å²) in [4.78, 5) is 25.6. The van der Waals surface area contributed by atoms with E-state index in [0.29, 0.717) is 5.02 Å². The first-order valence-corrected chi connectivity index (χ1v) is 8.93. The monoisotopic (exact) mass is 390 g/mol. The molecule has 7 heteroatoms. The van der Waals surface area contributed by atoms with Gasteiger partial charge >= 0.3 is 6.16 Å². The van der Waals surface area contributed by atoms with Crippen molar-refractivity contribution >= 4 is 29.4 Å². The third-order valence-corrected chi connectivity index (χ3v) is 4.41. The fourth-order valence-corrected chi connectivity index (χ4v) is 2.97. The SMILES string of the molecule is CCOC(=O)Oc1cc(C)c(C[C@@H](N)C(=O)N(C)c2ccccc2)c(Cl)c1. The van der Waals surface area contributed by atoms with Crippen LogP contribution >= 0.6 is 11.6 Å². The largest absolute Gasteiger partial charge is 0.513 e. The molecule has 0 unspecified atom stereocenters. The number of hydrogen-bond acceptors (Lipinski definition) is 5. The lowest BCUT2D eigenvalue weighted by Gasteiger charge is -2.22. The van der Waals surface area contributed by atoms with Crippen LogP contribution in [0.4, 0.5) is 10.5 Å². The summed E-state index contributed by atoms with van der Waals surface area (Å²) in [5.74, 6) is 0.0597. The van der Waals surface area contributed by atoms with Gasteiger partial charge in [0.1, 0.15) is 5.75 Å². The first-order valence-electron chi connectivity index (χ1n) is 8.55. The van der Waals surface area contributed by atoms with E-state index in [4.69, 9.17) is 26.8 Å². The van der Waals surface area contributed by atoms with Crippen LogP contribution in [0.3, 0.4) is 0 Å². The van der Waals surface area contributed by atoms with Gasteiger partial charge in [0.05, 0.1) is 12.6 Å². The van der Waals surface area contributed by atoms with Crippen molar-refractivity contribution in [2.45, 2.75) is 26.3 Å². The number of rotatable bonds is 6. The zero-order valence-corrected chi connectivity index (χ0v) is 16.3. The Kier molecular flexibility index (Phi) is 7.21. The molecule has 0 aliphatic carbocycles. The predicted molar refractivity (Wildman–Crippen MR) is 105 cm³/mol. The Balaban J connectivity index is 2.12. The van der Waals surface area contributed by atoms with Crippen molar-refractivity contribution in [2.24, 2.45) is 5.73 Å². The van der Waals surface area contributed by atoms with Crippen LogP contribution in [0.15, 0.2) is 42.5 Å². The van der Waals surface area contributed by atoms with Gasteiger partial charge in [-0.3, -0.25) is 4.79 Å². The number of likely N-dealkylation sites (N-methyl/N-ethyl adjacent to an activating group) is 1. The van der Waals surface area contributed by atoms with Crippen LogP contribution in [-0.2, 0) is 16.0 Å².